The number of piperidine rings is 1. The summed E-state index contributed by atoms with van der Waals surface area (Å²) in [5.41, 5.74) is 5.63. The van der Waals surface area contributed by atoms with E-state index in [4.69, 9.17) is 5.73 Å². The highest BCUT2D eigenvalue weighted by molar-refractivity contribution is 9.11. The van der Waals surface area contributed by atoms with Crippen molar-refractivity contribution in [3.05, 3.63) is 27.1 Å². The minimum absolute atomic E-state index is 0.313. The molecule has 7 heteroatoms. The zero-order valence-electron chi connectivity index (χ0n) is 10.4. The van der Waals surface area contributed by atoms with E-state index in [2.05, 4.69) is 31.9 Å². The van der Waals surface area contributed by atoms with Gasteiger partial charge in [-0.05, 0) is 59.4 Å². The molecule has 0 saturated carbocycles. The van der Waals surface area contributed by atoms with Crippen molar-refractivity contribution in [2.75, 3.05) is 19.6 Å². The van der Waals surface area contributed by atoms with Crippen molar-refractivity contribution in [1.82, 2.24) is 4.31 Å². The molecule has 0 bridgehead atoms. The molecule has 1 saturated heterocycles. The number of sulfonamides is 1. The zero-order valence-corrected chi connectivity index (χ0v) is 14.3. The van der Waals surface area contributed by atoms with E-state index in [1.165, 1.54) is 0 Å². The van der Waals surface area contributed by atoms with Crippen LogP contribution in [0.4, 0.5) is 0 Å². The number of nitrogens with two attached hydrogens (primary N) is 1. The zero-order chi connectivity index (χ0) is 14.0. The smallest absolute Gasteiger partial charge is 0.244 e. The van der Waals surface area contributed by atoms with Gasteiger partial charge in [0.05, 0.1) is 4.90 Å². The minimum atomic E-state index is -3.43. The van der Waals surface area contributed by atoms with Crippen molar-refractivity contribution in [2.45, 2.75) is 17.7 Å². The molecule has 19 heavy (non-hydrogen) atoms. The molecular formula is C12H16Br2N2O2S. The summed E-state index contributed by atoms with van der Waals surface area (Å²) in [6, 6.07) is 5.18. The van der Waals surface area contributed by atoms with Crippen LogP contribution in [-0.2, 0) is 10.0 Å². The minimum Gasteiger partial charge on any atom is -0.330 e. The second-order valence-electron chi connectivity index (χ2n) is 4.66. The lowest BCUT2D eigenvalue weighted by molar-refractivity contribution is 0.278. The SMILES string of the molecule is NCC1CCN(S(=O)(=O)c2cc(Br)ccc2Br)CC1. The summed E-state index contributed by atoms with van der Waals surface area (Å²) in [4.78, 5) is 0.313. The Bertz CT molecular complexity index is 555. The normalized spacial score (nSPS) is 18.7. The van der Waals surface area contributed by atoms with Gasteiger partial charge in [0.2, 0.25) is 10.0 Å². The Hall–Kier alpha value is 0.0500. The maximum absolute atomic E-state index is 12.6. The van der Waals surface area contributed by atoms with Gasteiger partial charge in [0, 0.05) is 22.0 Å². The van der Waals surface area contributed by atoms with E-state index < -0.39 is 10.0 Å². The second kappa shape index (κ2) is 6.22. The van der Waals surface area contributed by atoms with E-state index in [9.17, 15) is 8.42 Å². The van der Waals surface area contributed by atoms with Gasteiger partial charge in [-0.1, -0.05) is 15.9 Å². The number of benzene rings is 1. The molecule has 1 aromatic rings. The third-order valence-corrected chi connectivity index (χ3v) is 6.80. The van der Waals surface area contributed by atoms with Crippen LogP contribution in [0.1, 0.15) is 12.8 Å². The van der Waals surface area contributed by atoms with Crippen LogP contribution in [0.5, 0.6) is 0 Å². The maximum Gasteiger partial charge on any atom is 0.244 e. The van der Waals surface area contributed by atoms with Crippen LogP contribution >= 0.6 is 31.9 Å². The summed E-state index contributed by atoms with van der Waals surface area (Å²) in [5, 5.41) is 0. The molecule has 0 amide bonds. The van der Waals surface area contributed by atoms with E-state index in [0.717, 1.165) is 17.3 Å². The molecule has 1 aromatic carbocycles. The lowest BCUT2D eigenvalue weighted by Crippen LogP contribution is -2.40. The molecule has 1 aliphatic heterocycles. The third kappa shape index (κ3) is 3.39. The summed E-state index contributed by atoms with van der Waals surface area (Å²) >= 11 is 6.62. The van der Waals surface area contributed by atoms with Crippen LogP contribution in [-0.4, -0.2) is 32.4 Å². The largest absolute Gasteiger partial charge is 0.330 e. The highest BCUT2D eigenvalue weighted by atomic mass is 79.9. The highest BCUT2D eigenvalue weighted by Gasteiger charge is 2.30. The fourth-order valence-corrected chi connectivity index (χ4v) is 5.13. The number of rotatable bonds is 3. The molecule has 2 rings (SSSR count). The van der Waals surface area contributed by atoms with Gasteiger partial charge in [0.1, 0.15) is 0 Å². The van der Waals surface area contributed by atoms with Gasteiger partial charge >= 0.3 is 0 Å². The Balaban J connectivity index is 2.26. The lowest BCUT2D eigenvalue weighted by Gasteiger charge is -2.30. The molecule has 4 nitrogen and oxygen atoms in total. The molecular weight excluding hydrogens is 396 g/mol. The first-order valence-electron chi connectivity index (χ1n) is 6.10. The molecule has 0 unspecified atom stereocenters. The molecule has 0 radical (unpaired) electrons. The topological polar surface area (TPSA) is 63.4 Å². The second-order valence-corrected chi connectivity index (χ2v) is 8.33. The average molecular weight is 412 g/mol. The van der Waals surface area contributed by atoms with Gasteiger partial charge in [-0.3, -0.25) is 0 Å². The van der Waals surface area contributed by atoms with Crippen LogP contribution in [0, 0.1) is 5.92 Å². The quantitative estimate of drug-likeness (QED) is 0.831. The molecule has 2 N–H and O–H groups in total. The van der Waals surface area contributed by atoms with Gasteiger partial charge in [0.25, 0.3) is 0 Å². The Morgan fingerprint density at radius 1 is 1.26 bits per heavy atom. The van der Waals surface area contributed by atoms with Crippen molar-refractivity contribution in [2.24, 2.45) is 11.7 Å². The first-order chi connectivity index (χ1) is 8.95. The molecule has 1 heterocycles. The summed E-state index contributed by atoms with van der Waals surface area (Å²) in [6.45, 7) is 1.72. The van der Waals surface area contributed by atoms with E-state index in [-0.39, 0.29) is 0 Å². The Kier molecular flexibility index (Phi) is 5.05. The molecule has 1 fully saturated rings. The van der Waals surface area contributed by atoms with E-state index in [1.807, 2.05) is 6.07 Å². The highest BCUT2D eigenvalue weighted by Crippen LogP contribution is 2.30. The fourth-order valence-electron chi connectivity index (χ4n) is 2.20. The predicted octanol–water partition coefficient (Wildman–Crippen LogP) is 2.57. The van der Waals surface area contributed by atoms with Crippen LogP contribution < -0.4 is 5.73 Å². The van der Waals surface area contributed by atoms with E-state index >= 15 is 0 Å². The summed E-state index contributed by atoms with van der Waals surface area (Å²) in [5.74, 6) is 0.442. The average Bonchev–Trinajstić information content (AvgIpc) is 2.41. The first kappa shape index (κ1) is 15.4. The fraction of sp³-hybridized carbons (Fsp3) is 0.500. The van der Waals surface area contributed by atoms with Crippen molar-refractivity contribution in [1.29, 1.82) is 0 Å². The molecule has 0 aliphatic carbocycles. The van der Waals surface area contributed by atoms with Crippen LogP contribution in [0.2, 0.25) is 0 Å². The molecule has 0 aromatic heterocycles. The van der Waals surface area contributed by atoms with Crippen LogP contribution in [0.25, 0.3) is 0 Å². The van der Waals surface area contributed by atoms with Crippen molar-refractivity contribution in [3.63, 3.8) is 0 Å². The van der Waals surface area contributed by atoms with Crippen LogP contribution in [0.15, 0.2) is 32.0 Å². The number of halogens is 2. The Morgan fingerprint density at radius 2 is 1.89 bits per heavy atom. The maximum atomic E-state index is 12.6. The van der Waals surface area contributed by atoms with Crippen molar-refractivity contribution >= 4 is 41.9 Å². The van der Waals surface area contributed by atoms with Gasteiger partial charge in [-0.25, -0.2) is 8.42 Å². The first-order valence-corrected chi connectivity index (χ1v) is 9.13. The van der Waals surface area contributed by atoms with Crippen LogP contribution in [0.3, 0.4) is 0 Å². The van der Waals surface area contributed by atoms with E-state index in [0.29, 0.717) is 34.9 Å². The third-order valence-electron chi connectivity index (χ3n) is 3.42. The van der Waals surface area contributed by atoms with Gasteiger partial charge < -0.3 is 5.73 Å². The summed E-state index contributed by atoms with van der Waals surface area (Å²) in [7, 11) is -3.43. The predicted molar refractivity (Wildman–Crippen MR) is 82.4 cm³/mol. The van der Waals surface area contributed by atoms with Gasteiger partial charge in [-0.15, -0.1) is 0 Å². The number of hydrogen-bond acceptors (Lipinski definition) is 3. The summed E-state index contributed by atoms with van der Waals surface area (Å²) in [6.07, 6.45) is 1.67. The van der Waals surface area contributed by atoms with Gasteiger partial charge in [0.15, 0.2) is 0 Å². The molecule has 106 valence electrons. The monoisotopic (exact) mass is 410 g/mol. The number of nitrogens with zero attached hydrogens (tertiary/aromatic N) is 1. The molecule has 0 atom stereocenters. The van der Waals surface area contributed by atoms with Crippen molar-refractivity contribution in [3.8, 4) is 0 Å². The Labute approximate surface area is 130 Å². The number of hydrogen-bond donors (Lipinski definition) is 1. The molecule has 1 aliphatic rings. The Morgan fingerprint density at radius 3 is 2.47 bits per heavy atom. The standard InChI is InChI=1S/C12H16Br2N2O2S/c13-10-1-2-11(14)12(7-10)19(17,18)16-5-3-9(8-15)4-6-16/h1-2,7,9H,3-6,8,15H2. The van der Waals surface area contributed by atoms with Gasteiger partial charge in [-0.2, -0.15) is 4.31 Å². The lowest BCUT2D eigenvalue weighted by atomic mass is 9.99. The molecule has 0 spiro atoms. The van der Waals surface area contributed by atoms with Crippen molar-refractivity contribution < 1.29 is 8.42 Å². The summed E-state index contributed by atoms with van der Waals surface area (Å²) < 4.78 is 28.1. The van der Waals surface area contributed by atoms with E-state index in [1.54, 1.807) is 16.4 Å².